The van der Waals surface area contributed by atoms with Crippen LogP contribution in [-0.2, 0) is 16.4 Å². The predicted molar refractivity (Wildman–Crippen MR) is 78.0 cm³/mol. The van der Waals surface area contributed by atoms with Gasteiger partial charge in [0, 0.05) is 17.7 Å². The van der Waals surface area contributed by atoms with Crippen LogP contribution >= 0.6 is 23.7 Å². The van der Waals surface area contributed by atoms with Gasteiger partial charge in [0.1, 0.15) is 0 Å². The van der Waals surface area contributed by atoms with Crippen LogP contribution in [0.5, 0.6) is 0 Å². The maximum Gasteiger partial charge on any atom is 0.175 e. The highest BCUT2D eigenvalue weighted by atomic mass is 35.5. The van der Waals surface area contributed by atoms with Crippen LogP contribution < -0.4 is 5.73 Å². The lowest BCUT2D eigenvalue weighted by atomic mass is 10.1. The van der Waals surface area contributed by atoms with E-state index in [0.29, 0.717) is 11.4 Å². The molecular weight excluding hydrogens is 290 g/mol. The standard InChI is InChI=1S/C12H13NO2S2.ClH/c1-17(14,15)12-4-2-9(3-5-12)10-6-11(7-13)16-8-10;/h2-6,8H,7,13H2,1H3;1H. The van der Waals surface area contributed by atoms with E-state index in [1.54, 1.807) is 23.5 Å². The van der Waals surface area contributed by atoms with E-state index >= 15 is 0 Å². The van der Waals surface area contributed by atoms with Gasteiger partial charge in [0.2, 0.25) is 0 Å². The van der Waals surface area contributed by atoms with Crippen LogP contribution in [-0.4, -0.2) is 14.7 Å². The second kappa shape index (κ2) is 5.84. The van der Waals surface area contributed by atoms with E-state index in [2.05, 4.69) is 0 Å². The summed E-state index contributed by atoms with van der Waals surface area (Å²) < 4.78 is 22.6. The number of halogens is 1. The highest BCUT2D eigenvalue weighted by Gasteiger charge is 2.07. The van der Waals surface area contributed by atoms with Crippen molar-refractivity contribution < 1.29 is 8.42 Å². The number of rotatable bonds is 3. The van der Waals surface area contributed by atoms with E-state index in [9.17, 15) is 8.42 Å². The zero-order valence-electron chi connectivity index (χ0n) is 9.79. The summed E-state index contributed by atoms with van der Waals surface area (Å²) in [5, 5.41) is 2.03. The average Bonchev–Trinajstić information content (AvgIpc) is 2.76. The van der Waals surface area contributed by atoms with E-state index in [1.807, 2.05) is 23.6 Å². The Labute approximate surface area is 117 Å². The molecule has 0 aliphatic carbocycles. The van der Waals surface area contributed by atoms with Crippen molar-refractivity contribution in [3.8, 4) is 11.1 Å². The number of nitrogens with two attached hydrogens (primary N) is 1. The van der Waals surface area contributed by atoms with E-state index in [4.69, 9.17) is 5.73 Å². The fraction of sp³-hybridized carbons (Fsp3) is 0.167. The van der Waals surface area contributed by atoms with Crippen LogP contribution in [0.25, 0.3) is 11.1 Å². The second-order valence-corrected chi connectivity index (χ2v) is 6.81. The molecule has 6 heteroatoms. The molecule has 2 N–H and O–H groups in total. The van der Waals surface area contributed by atoms with Crippen molar-refractivity contribution in [2.24, 2.45) is 5.73 Å². The summed E-state index contributed by atoms with van der Waals surface area (Å²) in [7, 11) is -3.12. The van der Waals surface area contributed by atoms with Crippen LogP contribution in [0.2, 0.25) is 0 Å². The summed E-state index contributed by atoms with van der Waals surface area (Å²) in [5.74, 6) is 0. The van der Waals surface area contributed by atoms with Gasteiger partial charge in [-0.05, 0) is 34.7 Å². The summed E-state index contributed by atoms with van der Waals surface area (Å²) in [6.45, 7) is 0.534. The third kappa shape index (κ3) is 3.32. The Bertz CT molecular complexity index is 618. The van der Waals surface area contributed by atoms with Crippen LogP contribution in [0.1, 0.15) is 4.88 Å². The number of benzene rings is 1. The molecule has 98 valence electrons. The minimum absolute atomic E-state index is 0. The maximum atomic E-state index is 11.3. The lowest BCUT2D eigenvalue weighted by Crippen LogP contribution is -1.96. The van der Waals surface area contributed by atoms with Gasteiger partial charge in [-0.15, -0.1) is 23.7 Å². The Kier molecular flexibility index (Phi) is 4.92. The number of thiophene rings is 1. The van der Waals surface area contributed by atoms with Crippen molar-refractivity contribution in [1.29, 1.82) is 0 Å². The molecule has 3 nitrogen and oxygen atoms in total. The molecule has 0 amide bonds. The Hall–Kier alpha value is -0.880. The lowest BCUT2D eigenvalue weighted by molar-refractivity contribution is 0.602. The monoisotopic (exact) mass is 303 g/mol. The van der Waals surface area contributed by atoms with Crippen LogP contribution in [0.4, 0.5) is 0 Å². The maximum absolute atomic E-state index is 11.3. The molecule has 0 unspecified atom stereocenters. The molecule has 2 rings (SSSR count). The zero-order chi connectivity index (χ0) is 12.5. The quantitative estimate of drug-likeness (QED) is 0.948. The van der Waals surface area contributed by atoms with Gasteiger partial charge >= 0.3 is 0 Å². The molecule has 0 fully saturated rings. The zero-order valence-corrected chi connectivity index (χ0v) is 12.2. The molecule has 0 spiro atoms. The summed E-state index contributed by atoms with van der Waals surface area (Å²) in [6, 6.07) is 8.92. The number of hydrogen-bond acceptors (Lipinski definition) is 4. The summed E-state index contributed by atoms with van der Waals surface area (Å²) in [5.41, 5.74) is 7.64. The molecule has 0 radical (unpaired) electrons. The van der Waals surface area contributed by atoms with Gasteiger partial charge in [-0.2, -0.15) is 0 Å². The molecule has 0 aliphatic heterocycles. The van der Waals surface area contributed by atoms with Gasteiger partial charge in [0.15, 0.2) is 9.84 Å². The van der Waals surface area contributed by atoms with Crippen LogP contribution in [0.15, 0.2) is 40.6 Å². The van der Waals surface area contributed by atoms with Crippen LogP contribution in [0.3, 0.4) is 0 Å². The van der Waals surface area contributed by atoms with Crippen molar-refractivity contribution >= 4 is 33.6 Å². The van der Waals surface area contributed by atoms with E-state index in [1.165, 1.54) is 6.26 Å². The molecule has 1 aromatic heterocycles. The minimum Gasteiger partial charge on any atom is -0.326 e. The lowest BCUT2D eigenvalue weighted by Gasteiger charge is -2.00. The number of sulfone groups is 1. The highest BCUT2D eigenvalue weighted by molar-refractivity contribution is 7.90. The molecule has 18 heavy (non-hydrogen) atoms. The first kappa shape index (κ1) is 15.2. The Morgan fingerprint density at radius 3 is 2.22 bits per heavy atom. The molecule has 0 saturated carbocycles. The Morgan fingerprint density at radius 1 is 1.17 bits per heavy atom. The van der Waals surface area contributed by atoms with Crippen molar-refractivity contribution in [1.82, 2.24) is 0 Å². The molecule has 0 saturated heterocycles. The Balaban J connectivity index is 0.00000162. The van der Waals surface area contributed by atoms with E-state index in [0.717, 1.165) is 16.0 Å². The first-order chi connectivity index (χ1) is 8.00. The van der Waals surface area contributed by atoms with Crippen molar-refractivity contribution in [2.75, 3.05) is 6.26 Å². The first-order valence-electron chi connectivity index (χ1n) is 5.08. The fourth-order valence-corrected chi connectivity index (χ4v) is 2.94. The van der Waals surface area contributed by atoms with Crippen LogP contribution in [0, 0.1) is 0 Å². The third-order valence-electron chi connectivity index (χ3n) is 2.47. The molecular formula is C12H14ClNO2S2. The largest absolute Gasteiger partial charge is 0.326 e. The van der Waals surface area contributed by atoms with Gasteiger partial charge in [0.05, 0.1) is 4.90 Å². The highest BCUT2D eigenvalue weighted by Crippen LogP contribution is 2.26. The van der Waals surface area contributed by atoms with Gasteiger partial charge in [-0.1, -0.05) is 12.1 Å². The first-order valence-corrected chi connectivity index (χ1v) is 7.86. The van der Waals surface area contributed by atoms with Gasteiger partial charge in [-0.25, -0.2) is 8.42 Å². The smallest absolute Gasteiger partial charge is 0.175 e. The van der Waals surface area contributed by atoms with Gasteiger partial charge in [-0.3, -0.25) is 0 Å². The van der Waals surface area contributed by atoms with Crippen molar-refractivity contribution in [3.63, 3.8) is 0 Å². The van der Waals surface area contributed by atoms with Crippen molar-refractivity contribution in [3.05, 3.63) is 40.6 Å². The Morgan fingerprint density at radius 2 is 1.78 bits per heavy atom. The normalized spacial score (nSPS) is 11.0. The van der Waals surface area contributed by atoms with Gasteiger partial charge in [0.25, 0.3) is 0 Å². The predicted octanol–water partition coefficient (Wildman–Crippen LogP) is 2.70. The minimum atomic E-state index is -3.12. The molecule has 0 bridgehead atoms. The second-order valence-electron chi connectivity index (χ2n) is 3.80. The SMILES string of the molecule is CS(=O)(=O)c1ccc(-c2csc(CN)c2)cc1.Cl. The molecule has 0 aliphatic rings. The fourth-order valence-electron chi connectivity index (χ4n) is 1.53. The molecule has 1 heterocycles. The molecule has 1 aromatic carbocycles. The summed E-state index contributed by atoms with van der Waals surface area (Å²) in [6.07, 6.45) is 1.21. The number of hydrogen-bond donors (Lipinski definition) is 1. The third-order valence-corrected chi connectivity index (χ3v) is 4.56. The summed E-state index contributed by atoms with van der Waals surface area (Å²) >= 11 is 1.61. The molecule has 0 atom stereocenters. The average molecular weight is 304 g/mol. The topological polar surface area (TPSA) is 60.2 Å². The van der Waals surface area contributed by atoms with E-state index < -0.39 is 9.84 Å². The van der Waals surface area contributed by atoms with Crippen molar-refractivity contribution in [2.45, 2.75) is 11.4 Å². The molecule has 2 aromatic rings. The van der Waals surface area contributed by atoms with Gasteiger partial charge < -0.3 is 5.73 Å². The summed E-state index contributed by atoms with van der Waals surface area (Å²) in [4.78, 5) is 1.46. The van der Waals surface area contributed by atoms with E-state index in [-0.39, 0.29) is 12.4 Å².